The van der Waals surface area contributed by atoms with Gasteiger partial charge in [0.25, 0.3) is 11.4 Å². The fourth-order valence-corrected chi connectivity index (χ4v) is 3.04. The Bertz CT molecular complexity index is 1100. The van der Waals surface area contributed by atoms with Crippen molar-refractivity contribution in [3.05, 3.63) is 79.2 Å². The standard InChI is InChI=1S/C19H21ClN4O5/c1-11-8-17(26)24(19(27)23(11)2)14(10-28-3)18-21-16(22-29-18)9-15(25)12-4-6-13(20)7-5-12/h4-8,14-15,25H,9-10H2,1-3H3/t14-,15+/m1/s1. The van der Waals surface area contributed by atoms with Crippen molar-refractivity contribution in [2.75, 3.05) is 13.7 Å². The van der Waals surface area contributed by atoms with Crippen molar-refractivity contribution in [2.24, 2.45) is 7.05 Å². The summed E-state index contributed by atoms with van der Waals surface area (Å²) in [5, 5.41) is 14.8. The van der Waals surface area contributed by atoms with Crippen molar-refractivity contribution in [1.82, 2.24) is 19.3 Å². The van der Waals surface area contributed by atoms with Gasteiger partial charge in [-0.3, -0.25) is 4.79 Å². The summed E-state index contributed by atoms with van der Waals surface area (Å²) in [4.78, 5) is 29.4. The van der Waals surface area contributed by atoms with Crippen LogP contribution in [0.15, 0.2) is 44.4 Å². The molecule has 0 saturated heterocycles. The molecule has 0 saturated carbocycles. The van der Waals surface area contributed by atoms with Crippen LogP contribution in [-0.2, 0) is 18.2 Å². The summed E-state index contributed by atoms with van der Waals surface area (Å²) in [5.74, 6) is 0.286. The minimum absolute atomic E-state index is 0.0143. The highest BCUT2D eigenvalue weighted by atomic mass is 35.5. The first kappa shape index (κ1) is 21.0. The molecule has 9 nitrogen and oxygen atoms in total. The van der Waals surface area contributed by atoms with Gasteiger partial charge in [0.1, 0.15) is 6.04 Å². The van der Waals surface area contributed by atoms with E-state index in [0.29, 0.717) is 16.3 Å². The smallest absolute Gasteiger partial charge is 0.331 e. The van der Waals surface area contributed by atoms with Crippen LogP contribution < -0.4 is 11.2 Å². The lowest BCUT2D eigenvalue weighted by Gasteiger charge is -2.16. The summed E-state index contributed by atoms with van der Waals surface area (Å²) in [7, 11) is 3.01. The van der Waals surface area contributed by atoms with E-state index in [1.165, 1.54) is 17.7 Å². The number of nitrogens with zero attached hydrogens (tertiary/aromatic N) is 4. The second-order valence-electron chi connectivity index (χ2n) is 6.63. The Labute approximate surface area is 171 Å². The van der Waals surface area contributed by atoms with Gasteiger partial charge in [0.2, 0.25) is 0 Å². The summed E-state index contributed by atoms with van der Waals surface area (Å²) in [6.45, 7) is 1.65. The lowest BCUT2D eigenvalue weighted by molar-refractivity contribution is 0.148. The molecular formula is C19H21ClN4O5. The van der Waals surface area contributed by atoms with Crippen molar-refractivity contribution in [3.63, 3.8) is 0 Å². The average molecular weight is 421 g/mol. The molecule has 0 amide bonds. The zero-order valence-corrected chi connectivity index (χ0v) is 17.0. The zero-order valence-electron chi connectivity index (χ0n) is 16.2. The highest BCUT2D eigenvalue weighted by Crippen LogP contribution is 2.21. The van der Waals surface area contributed by atoms with Gasteiger partial charge >= 0.3 is 5.69 Å². The molecule has 2 aromatic heterocycles. The number of halogens is 1. The molecule has 0 aliphatic heterocycles. The summed E-state index contributed by atoms with van der Waals surface area (Å²) in [5.41, 5.74) is 0.175. The van der Waals surface area contributed by atoms with Gasteiger partial charge in [0.15, 0.2) is 5.82 Å². The van der Waals surface area contributed by atoms with Crippen LogP contribution in [0.2, 0.25) is 5.02 Å². The third-order valence-electron chi connectivity index (χ3n) is 4.63. The molecular weight excluding hydrogens is 400 g/mol. The molecule has 0 unspecified atom stereocenters. The lowest BCUT2D eigenvalue weighted by Crippen LogP contribution is -2.43. The van der Waals surface area contributed by atoms with Crippen molar-refractivity contribution >= 4 is 11.6 Å². The predicted molar refractivity (Wildman–Crippen MR) is 105 cm³/mol. The second-order valence-corrected chi connectivity index (χ2v) is 7.06. The molecule has 0 bridgehead atoms. The van der Waals surface area contributed by atoms with Gasteiger partial charge in [-0.1, -0.05) is 28.9 Å². The number of aryl methyl sites for hydroxylation is 1. The molecule has 29 heavy (non-hydrogen) atoms. The van der Waals surface area contributed by atoms with E-state index in [1.54, 1.807) is 38.2 Å². The molecule has 10 heteroatoms. The lowest BCUT2D eigenvalue weighted by atomic mass is 10.1. The number of methoxy groups -OCH3 is 1. The summed E-state index contributed by atoms with van der Waals surface area (Å²) >= 11 is 5.86. The van der Waals surface area contributed by atoms with E-state index in [9.17, 15) is 14.7 Å². The second kappa shape index (κ2) is 8.73. The fourth-order valence-electron chi connectivity index (χ4n) is 2.91. The first-order valence-electron chi connectivity index (χ1n) is 8.86. The van der Waals surface area contributed by atoms with E-state index in [4.69, 9.17) is 20.9 Å². The highest BCUT2D eigenvalue weighted by Gasteiger charge is 2.26. The number of aliphatic hydroxyl groups is 1. The third-order valence-corrected chi connectivity index (χ3v) is 4.88. The molecule has 3 rings (SSSR count). The van der Waals surface area contributed by atoms with Crippen LogP contribution in [0.1, 0.15) is 35.1 Å². The van der Waals surface area contributed by atoms with Gasteiger partial charge in [0, 0.05) is 37.4 Å². The Balaban J connectivity index is 1.90. The topological polar surface area (TPSA) is 112 Å². The Morgan fingerprint density at radius 2 is 1.97 bits per heavy atom. The Kier molecular flexibility index (Phi) is 6.31. The van der Waals surface area contributed by atoms with Gasteiger partial charge < -0.3 is 18.9 Å². The maximum absolute atomic E-state index is 12.6. The molecule has 0 aliphatic rings. The van der Waals surface area contributed by atoms with E-state index < -0.39 is 23.4 Å². The monoisotopic (exact) mass is 420 g/mol. The van der Waals surface area contributed by atoms with Gasteiger partial charge in [0.05, 0.1) is 12.7 Å². The van der Waals surface area contributed by atoms with E-state index in [-0.39, 0.29) is 24.7 Å². The molecule has 2 heterocycles. The summed E-state index contributed by atoms with van der Waals surface area (Å²) < 4.78 is 12.8. The van der Waals surface area contributed by atoms with E-state index in [2.05, 4.69) is 10.1 Å². The van der Waals surface area contributed by atoms with Gasteiger partial charge in [-0.15, -0.1) is 0 Å². The normalized spacial score (nSPS) is 13.4. The van der Waals surface area contributed by atoms with Crippen LogP contribution in [-0.4, -0.2) is 38.1 Å². The number of rotatable bonds is 7. The summed E-state index contributed by atoms with van der Waals surface area (Å²) in [6, 6.07) is 7.23. The van der Waals surface area contributed by atoms with Gasteiger partial charge in [-0.05, 0) is 24.6 Å². The van der Waals surface area contributed by atoms with Crippen LogP contribution in [0.25, 0.3) is 0 Å². The maximum atomic E-state index is 12.6. The number of benzene rings is 1. The largest absolute Gasteiger partial charge is 0.388 e. The molecule has 1 N–H and O–H groups in total. The predicted octanol–water partition coefficient (Wildman–Crippen LogP) is 1.40. The van der Waals surface area contributed by atoms with Crippen molar-refractivity contribution in [1.29, 1.82) is 0 Å². The molecule has 0 fully saturated rings. The zero-order chi connectivity index (χ0) is 21.1. The van der Waals surface area contributed by atoms with Gasteiger partial charge in [-0.2, -0.15) is 4.98 Å². The first-order chi connectivity index (χ1) is 13.8. The molecule has 0 radical (unpaired) electrons. The van der Waals surface area contributed by atoms with Crippen molar-refractivity contribution in [3.8, 4) is 0 Å². The van der Waals surface area contributed by atoms with Crippen LogP contribution in [0.4, 0.5) is 0 Å². The number of aliphatic hydroxyl groups excluding tert-OH is 1. The molecule has 0 aliphatic carbocycles. The minimum atomic E-state index is -0.888. The number of hydrogen-bond donors (Lipinski definition) is 1. The van der Waals surface area contributed by atoms with Crippen molar-refractivity contribution in [2.45, 2.75) is 25.5 Å². The Morgan fingerprint density at radius 3 is 2.62 bits per heavy atom. The first-order valence-corrected chi connectivity index (χ1v) is 9.23. The van der Waals surface area contributed by atoms with E-state index in [0.717, 1.165) is 4.57 Å². The molecule has 0 spiro atoms. The maximum Gasteiger partial charge on any atom is 0.331 e. The van der Waals surface area contributed by atoms with Crippen LogP contribution >= 0.6 is 11.6 Å². The number of hydrogen-bond acceptors (Lipinski definition) is 7. The Morgan fingerprint density at radius 1 is 1.28 bits per heavy atom. The molecule has 2 atom stereocenters. The summed E-state index contributed by atoms with van der Waals surface area (Å²) in [6.07, 6.45) is -0.778. The number of ether oxygens (including phenoxy) is 1. The SMILES string of the molecule is COC[C@H](c1nc(C[C@H](O)c2ccc(Cl)cc2)no1)n1c(=O)cc(C)n(C)c1=O. The van der Waals surface area contributed by atoms with Crippen LogP contribution in [0.3, 0.4) is 0 Å². The Hall–Kier alpha value is -2.75. The molecule has 3 aromatic rings. The minimum Gasteiger partial charge on any atom is -0.388 e. The molecule has 1 aromatic carbocycles. The third kappa shape index (κ3) is 4.47. The van der Waals surface area contributed by atoms with Crippen LogP contribution in [0.5, 0.6) is 0 Å². The number of aromatic nitrogens is 4. The molecule has 154 valence electrons. The quantitative estimate of drug-likeness (QED) is 0.614. The van der Waals surface area contributed by atoms with Crippen molar-refractivity contribution < 1.29 is 14.4 Å². The highest BCUT2D eigenvalue weighted by molar-refractivity contribution is 6.30. The van der Waals surface area contributed by atoms with Crippen LogP contribution in [0, 0.1) is 6.92 Å². The van der Waals surface area contributed by atoms with Gasteiger partial charge in [-0.25, -0.2) is 9.36 Å². The van der Waals surface area contributed by atoms with E-state index in [1.807, 2.05) is 0 Å². The van der Waals surface area contributed by atoms with E-state index >= 15 is 0 Å². The fraction of sp³-hybridized carbons (Fsp3) is 0.368. The average Bonchev–Trinajstić information content (AvgIpc) is 3.14.